The number of hydroxylamine groups is 2. The van der Waals surface area contributed by atoms with Gasteiger partial charge in [-0.3, -0.25) is 24.0 Å². The molecule has 3 aromatic rings. The molecule has 2 aliphatic heterocycles. The number of nitrogens with two attached hydrogens (primary N) is 1. The van der Waals surface area contributed by atoms with Crippen LogP contribution in [0.4, 0.5) is 0 Å². The summed E-state index contributed by atoms with van der Waals surface area (Å²) in [5.41, 5.74) is 7.83. The highest BCUT2D eigenvalue weighted by atomic mass is 35.5. The van der Waals surface area contributed by atoms with Gasteiger partial charge in [0, 0.05) is 38.5 Å². The molecule has 0 spiro atoms. The number of nitrogens with zero attached hydrogens (tertiary/aromatic N) is 3. The number of aliphatic carboxylic acids is 1. The number of carbonyl (C=O) groups excluding carboxylic acids is 3. The van der Waals surface area contributed by atoms with Crippen molar-refractivity contribution < 1.29 is 33.9 Å². The number of amides is 3. The Morgan fingerprint density at radius 2 is 1.76 bits per heavy atom. The molecule has 50 heavy (non-hydrogen) atoms. The summed E-state index contributed by atoms with van der Waals surface area (Å²) in [6, 6.07) is 9.69. The van der Waals surface area contributed by atoms with Gasteiger partial charge in [-0.05, 0) is 66.8 Å². The number of thiazole rings is 1. The van der Waals surface area contributed by atoms with Crippen LogP contribution >= 0.6 is 34.5 Å². The summed E-state index contributed by atoms with van der Waals surface area (Å²) in [6.07, 6.45) is 4.86. The molecule has 3 amide bonds. The fraction of sp³-hybridized carbons (Fsp3) is 0.361. The van der Waals surface area contributed by atoms with Gasteiger partial charge in [-0.1, -0.05) is 55.1 Å². The number of carboxylic acid groups (broad SMARTS) is 1. The minimum absolute atomic E-state index is 0.154. The number of hydrogen-bond donors (Lipinski definition) is 2. The lowest BCUT2D eigenvalue weighted by atomic mass is 9.64. The number of carbonyl (C=O) groups is 4. The molecule has 11 nitrogen and oxygen atoms in total. The van der Waals surface area contributed by atoms with Gasteiger partial charge in [-0.25, -0.2) is 4.98 Å². The second kappa shape index (κ2) is 13.2. The quantitative estimate of drug-likeness (QED) is 0.253. The topological polar surface area (TPSA) is 152 Å². The summed E-state index contributed by atoms with van der Waals surface area (Å²) in [4.78, 5) is 65.5. The van der Waals surface area contributed by atoms with Gasteiger partial charge in [-0.15, -0.1) is 16.4 Å². The predicted octanol–water partition coefficient (Wildman–Crippen LogP) is 6.32. The molecule has 3 N–H and O–H groups in total. The van der Waals surface area contributed by atoms with E-state index in [2.05, 4.69) is 0 Å². The molecule has 1 fully saturated rings. The summed E-state index contributed by atoms with van der Waals surface area (Å²) in [6.45, 7) is 1.70. The van der Waals surface area contributed by atoms with E-state index >= 15 is 0 Å². The van der Waals surface area contributed by atoms with Gasteiger partial charge in [0.15, 0.2) is 0 Å². The van der Waals surface area contributed by atoms with Crippen LogP contribution in [0.3, 0.4) is 0 Å². The molecule has 2 aromatic carbocycles. The minimum Gasteiger partial charge on any atom is -0.497 e. The minimum atomic E-state index is -1.17. The van der Waals surface area contributed by atoms with Gasteiger partial charge < -0.3 is 20.5 Å². The summed E-state index contributed by atoms with van der Waals surface area (Å²) < 4.78 is 5.44. The largest absolute Gasteiger partial charge is 0.497 e. The zero-order valence-electron chi connectivity index (χ0n) is 27.2. The molecule has 0 saturated heterocycles. The number of imide groups is 1. The molecule has 2 aliphatic carbocycles. The predicted molar refractivity (Wildman–Crippen MR) is 187 cm³/mol. The maximum atomic E-state index is 14.5. The van der Waals surface area contributed by atoms with Crippen LogP contribution in [-0.2, 0) is 16.2 Å². The fourth-order valence-electron chi connectivity index (χ4n) is 7.78. The fourth-order valence-corrected chi connectivity index (χ4v) is 9.11. The van der Waals surface area contributed by atoms with Gasteiger partial charge in [0.25, 0.3) is 17.7 Å². The van der Waals surface area contributed by atoms with Crippen molar-refractivity contribution in [2.45, 2.75) is 69.7 Å². The number of methoxy groups -OCH3 is 1. The normalized spacial score (nSPS) is 26.6. The Morgan fingerprint density at radius 1 is 1.06 bits per heavy atom. The van der Waals surface area contributed by atoms with Crippen LogP contribution in [0.1, 0.15) is 92.3 Å². The van der Waals surface area contributed by atoms with E-state index in [0.717, 1.165) is 17.9 Å². The summed E-state index contributed by atoms with van der Waals surface area (Å²) in [5, 5.41) is 14.5. The average Bonchev–Trinajstić information content (AvgIpc) is 3.67. The van der Waals surface area contributed by atoms with Crippen LogP contribution in [0.25, 0.3) is 5.57 Å². The van der Waals surface area contributed by atoms with Crippen molar-refractivity contribution in [2.24, 2.45) is 11.1 Å². The van der Waals surface area contributed by atoms with E-state index in [1.807, 2.05) is 6.92 Å². The number of carboxylic acids is 1. The lowest BCUT2D eigenvalue weighted by molar-refractivity contribution is -0.142. The molecule has 0 bridgehead atoms. The van der Waals surface area contributed by atoms with Gasteiger partial charge in [0.05, 0.1) is 30.0 Å². The zero-order chi connectivity index (χ0) is 35.5. The maximum absolute atomic E-state index is 14.5. The molecular weight excluding hydrogens is 703 g/mol. The standard InChI is InChI=1S/C36H34Cl2N4O7S/c1-36(31-30(35(46)47)22-13-18(48-2)11-12-21(22)32(43)41(31)27-10-6-5-9-25(27)39)15-23(24(37)14-28(36)38)26-17-50-29(40-26)16-49-42-33(44)19-7-3-4-8-20(19)34(42)45/h3-4,7-8,11-14,17,25,27,30-31H,5-6,9-10,15-16,39H2,1-2H3,(H,46,47)/t25-,27-,30+,31+,36?/m0/s1. The number of fused-ring (bicyclic) bond motifs is 2. The average molecular weight is 738 g/mol. The molecule has 1 unspecified atom stereocenters. The number of rotatable bonds is 8. The van der Waals surface area contributed by atoms with Gasteiger partial charge in [0.1, 0.15) is 23.3 Å². The second-order valence-corrected chi connectivity index (χ2v) is 15.0. The summed E-state index contributed by atoms with van der Waals surface area (Å²) in [5.74, 6) is -3.25. The Kier molecular flexibility index (Phi) is 9.10. The number of halogens is 2. The van der Waals surface area contributed by atoms with E-state index in [9.17, 15) is 24.3 Å². The van der Waals surface area contributed by atoms with E-state index < -0.39 is 41.2 Å². The molecule has 1 saturated carbocycles. The Balaban J connectivity index is 1.23. The van der Waals surface area contributed by atoms with Crippen molar-refractivity contribution in [1.82, 2.24) is 14.9 Å². The van der Waals surface area contributed by atoms with E-state index in [4.69, 9.17) is 43.5 Å². The first-order chi connectivity index (χ1) is 23.9. The lowest BCUT2D eigenvalue weighted by Gasteiger charge is -2.54. The Morgan fingerprint density at radius 3 is 2.42 bits per heavy atom. The molecule has 5 atom stereocenters. The highest BCUT2D eigenvalue weighted by Gasteiger charge is 2.57. The lowest BCUT2D eigenvalue weighted by Crippen LogP contribution is -2.64. The molecule has 1 aromatic heterocycles. The molecule has 260 valence electrons. The van der Waals surface area contributed by atoms with Gasteiger partial charge >= 0.3 is 5.97 Å². The number of allylic oxidation sites excluding steroid dienone is 3. The SMILES string of the molecule is COc1ccc2c(c1)[C@@H](C(=O)O)[C@H](C1(C)CC(c3csc(CON4C(=O)c5ccccc5C4=O)n3)=C(Cl)C=C1Cl)N([C@H]1CCCC[C@@H]1N)C2=O. The van der Waals surface area contributed by atoms with Crippen LogP contribution in [0.2, 0.25) is 0 Å². The Hall–Kier alpha value is -4.07. The molecule has 4 aliphatic rings. The third-order valence-electron chi connectivity index (χ3n) is 10.3. The molecule has 7 rings (SSSR count). The van der Waals surface area contributed by atoms with E-state index in [1.54, 1.807) is 58.8 Å². The first-order valence-corrected chi connectivity index (χ1v) is 17.9. The van der Waals surface area contributed by atoms with Crippen LogP contribution in [-0.4, -0.2) is 69.0 Å². The summed E-state index contributed by atoms with van der Waals surface area (Å²) >= 11 is 15.2. The van der Waals surface area contributed by atoms with Gasteiger partial charge in [-0.2, -0.15) is 0 Å². The highest BCUT2D eigenvalue weighted by molar-refractivity contribution is 7.09. The molecule has 0 radical (unpaired) electrons. The smallest absolute Gasteiger partial charge is 0.313 e. The number of hydrogen-bond acceptors (Lipinski definition) is 9. The van der Waals surface area contributed by atoms with Crippen molar-refractivity contribution in [3.8, 4) is 5.75 Å². The van der Waals surface area contributed by atoms with Crippen molar-refractivity contribution in [3.63, 3.8) is 0 Å². The van der Waals surface area contributed by atoms with E-state index in [-0.39, 0.29) is 36.1 Å². The monoisotopic (exact) mass is 736 g/mol. The zero-order valence-corrected chi connectivity index (χ0v) is 29.6. The molecule has 3 heterocycles. The second-order valence-electron chi connectivity index (χ2n) is 13.2. The van der Waals surface area contributed by atoms with E-state index in [0.29, 0.717) is 56.1 Å². The van der Waals surface area contributed by atoms with Crippen LogP contribution in [0, 0.1) is 5.41 Å². The third-order valence-corrected chi connectivity index (χ3v) is 12.0. The summed E-state index contributed by atoms with van der Waals surface area (Å²) in [7, 11) is 1.49. The maximum Gasteiger partial charge on any atom is 0.313 e. The number of benzene rings is 2. The van der Waals surface area contributed by atoms with Crippen LogP contribution in [0.5, 0.6) is 5.75 Å². The Labute approximate surface area is 302 Å². The first-order valence-electron chi connectivity index (χ1n) is 16.3. The van der Waals surface area contributed by atoms with Crippen molar-refractivity contribution in [1.29, 1.82) is 0 Å². The third kappa shape index (κ3) is 5.63. The van der Waals surface area contributed by atoms with Gasteiger partial charge in [0.2, 0.25) is 0 Å². The molecular formula is C36H34Cl2N4O7S. The molecule has 14 heteroatoms. The van der Waals surface area contributed by atoms with Crippen LogP contribution < -0.4 is 10.5 Å². The van der Waals surface area contributed by atoms with Crippen LogP contribution in [0.15, 0.2) is 64.0 Å². The first kappa shape index (κ1) is 34.4. The number of aromatic nitrogens is 1. The van der Waals surface area contributed by atoms with E-state index in [1.165, 1.54) is 18.4 Å². The highest BCUT2D eigenvalue weighted by Crippen LogP contribution is 2.55. The number of ether oxygens (including phenoxy) is 1. The van der Waals surface area contributed by atoms with Crippen molar-refractivity contribution in [3.05, 3.63) is 96.9 Å². The Bertz CT molecular complexity index is 1960. The van der Waals surface area contributed by atoms with Crippen molar-refractivity contribution in [2.75, 3.05) is 7.11 Å². The van der Waals surface area contributed by atoms with Crippen molar-refractivity contribution >= 4 is 63.8 Å².